The lowest BCUT2D eigenvalue weighted by Crippen LogP contribution is -2.43. The summed E-state index contributed by atoms with van der Waals surface area (Å²) >= 11 is 3.32. The fourth-order valence-electron chi connectivity index (χ4n) is 2.13. The first-order chi connectivity index (χ1) is 10.9. The molecule has 0 fully saturated rings. The van der Waals surface area contributed by atoms with E-state index in [1.807, 2.05) is 12.1 Å². The summed E-state index contributed by atoms with van der Waals surface area (Å²) in [6, 6.07) is 11.8. The summed E-state index contributed by atoms with van der Waals surface area (Å²) in [6.45, 7) is 0. The minimum Gasteiger partial charge on any atom is -0.480 e. The quantitative estimate of drug-likeness (QED) is 0.810. The minimum atomic E-state index is -1.10. The van der Waals surface area contributed by atoms with Crippen molar-refractivity contribution in [3.05, 3.63) is 69.9 Å². The normalized spacial score (nSPS) is 11.7. The Kier molecular flexibility index (Phi) is 5.87. The Balaban J connectivity index is 1.99. The fourth-order valence-corrected chi connectivity index (χ4v) is 2.58. The summed E-state index contributed by atoms with van der Waals surface area (Å²) in [7, 11) is 0. The number of benzene rings is 2. The van der Waals surface area contributed by atoms with Crippen LogP contribution in [0.25, 0.3) is 0 Å². The van der Waals surface area contributed by atoms with Gasteiger partial charge in [0, 0.05) is 10.9 Å². The molecule has 4 nitrogen and oxygen atoms in total. The van der Waals surface area contributed by atoms with Gasteiger partial charge in [0.05, 0.1) is 6.42 Å². The van der Waals surface area contributed by atoms with E-state index in [2.05, 4.69) is 21.2 Å². The summed E-state index contributed by atoms with van der Waals surface area (Å²) in [5.74, 6) is -1.90. The van der Waals surface area contributed by atoms with Crippen molar-refractivity contribution in [3.8, 4) is 0 Å². The maximum absolute atomic E-state index is 12.8. The third-order valence-corrected chi connectivity index (χ3v) is 3.73. The minimum absolute atomic E-state index is 0.00252. The average molecular weight is 380 g/mol. The van der Waals surface area contributed by atoms with Gasteiger partial charge in [0.15, 0.2) is 0 Å². The molecule has 0 aliphatic carbocycles. The molecule has 2 rings (SSSR count). The van der Waals surface area contributed by atoms with E-state index in [-0.39, 0.29) is 18.7 Å². The van der Waals surface area contributed by atoms with Crippen molar-refractivity contribution >= 4 is 27.8 Å². The number of rotatable bonds is 6. The predicted molar refractivity (Wildman–Crippen MR) is 87.5 cm³/mol. The zero-order valence-corrected chi connectivity index (χ0v) is 13.7. The van der Waals surface area contributed by atoms with Gasteiger partial charge < -0.3 is 10.4 Å². The molecule has 0 spiro atoms. The number of carboxylic acids is 1. The summed E-state index contributed by atoms with van der Waals surface area (Å²) in [5, 5.41) is 11.8. The maximum atomic E-state index is 12.8. The van der Waals surface area contributed by atoms with Crippen molar-refractivity contribution in [3.63, 3.8) is 0 Å². The second-order valence-electron chi connectivity index (χ2n) is 5.10. The highest BCUT2D eigenvalue weighted by molar-refractivity contribution is 9.10. The molecular formula is C17H15BrFNO3. The zero-order valence-electron chi connectivity index (χ0n) is 12.1. The van der Waals surface area contributed by atoms with Crippen LogP contribution in [-0.2, 0) is 22.4 Å². The van der Waals surface area contributed by atoms with Gasteiger partial charge in [0.2, 0.25) is 5.91 Å². The van der Waals surface area contributed by atoms with Gasteiger partial charge in [0.1, 0.15) is 11.9 Å². The van der Waals surface area contributed by atoms with Crippen LogP contribution in [0.3, 0.4) is 0 Å². The molecule has 0 aliphatic rings. The molecule has 23 heavy (non-hydrogen) atoms. The topological polar surface area (TPSA) is 66.4 Å². The molecule has 0 unspecified atom stereocenters. The van der Waals surface area contributed by atoms with Gasteiger partial charge in [-0.15, -0.1) is 0 Å². The van der Waals surface area contributed by atoms with E-state index in [1.165, 1.54) is 24.3 Å². The number of halogens is 2. The highest BCUT2D eigenvalue weighted by Gasteiger charge is 2.20. The Morgan fingerprint density at radius 1 is 1.13 bits per heavy atom. The van der Waals surface area contributed by atoms with Crippen molar-refractivity contribution in [1.29, 1.82) is 0 Å². The van der Waals surface area contributed by atoms with Gasteiger partial charge >= 0.3 is 5.97 Å². The molecule has 2 aromatic carbocycles. The Morgan fingerprint density at radius 2 is 1.83 bits per heavy atom. The van der Waals surface area contributed by atoms with Crippen LogP contribution in [-0.4, -0.2) is 23.0 Å². The third kappa shape index (κ3) is 5.49. The van der Waals surface area contributed by atoms with Crippen LogP contribution in [0.15, 0.2) is 53.0 Å². The van der Waals surface area contributed by atoms with Crippen molar-refractivity contribution in [2.24, 2.45) is 0 Å². The van der Waals surface area contributed by atoms with Gasteiger partial charge in [-0.1, -0.05) is 40.2 Å². The number of amides is 1. The van der Waals surface area contributed by atoms with Crippen LogP contribution in [0.5, 0.6) is 0 Å². The number of hydrogen-bond donors (Lipinski definition) is 2. The Hall–Kier alpha value is -2.21. The Morgan fingerprint density at radius 3 is 2.43 bits per heavy atom. The van der Waals surface area contributed by atoms with Crippen molar-refractivity contribution in [2.45, 2.75) is 18.9 Å². The van der Waals surface area contributed by atoms with Crippen LogP contribution in [0.2, 0.25) is 0 Å². The fraction of sp³-hybridized carbons (Fsp3) is 0.176. The summed E-state index contributed by atoms with van der Waals surface area (Å²) in [4.78, 5) is 23.3. The molecule has 0 aromatic heterocycles. The van der Waals surface area contributed by atoms with Gasteiger partial charge in [-0.3, -0.25) is 4.79 Å². The average Bonchev–Trinajstić information content (AvgIpc) is 2.49. The number of hydrogen-bond acceptors (Lipinski definition) is 2. The molecule has 0 bridgehead atoms. The van der Waals surface area contributed by atoms with Crippen LogP contribution in [0, 0.1) is 5.82 Å². The number of nitrogens with one attached hydrogen (secondary N) is 1. The van der Waals surface area contributed by atoms with Gasteiger partial charge in [-0.2, -0.15) is 0 Å². The standard InChI is InChI=1S/C17H15BrFNO3/c18-13-3-1-2-12(8-13)9-15(17(22)23)20-16(21)10-11-4-6-14(19)7-5-11/h1-8,15H,9-10H2,(H,20,21)(H,22,23)/t15-/m0/s1. The molecule has 2 N–H and O–H groups in total. The maximum Gasteiger partial charge on any atom is 0.326 e. The number of aliphatic carboxylic acids is 1. The smallest absolute Gasteiger partial charge is 0.326 e. The third-order valence-electron chi connectivity index (χ3n) is 3.24. The molecule has 0 saturated carbocycles. The van der Waals surface area contributed by atoms with Crippen LogP contribution in [0.1, 0.15) is 11.1 Å². The summed E-state index contributed by atoms with van der Waals surface area (Å²) < 4.78 is 13.7. The highest BCUT2D eigenvalue weighted by atomic mass is 79.9. The monoisotopic (exact) mass is 379 g/mol. The van der Waals surface area contributed by atoms with Crippen LogP contribution >= 0.6 is 15.9 Å². The first-order valence-corrected chi connectivity index (χ1v) is 7.74. The molecule has 0 radical (unpaired) electrons. The van der Waals surface area contributed by atoms with Gasteiger partial charge in [-0.05, 0) is 35.4 Å². The number of carboxylic acid groups (broad SMARTS) is 1. The SMILES string of the molecule is O=C(Cc1ccc(F)cc1)N[C@@H](Cc1cccc(Br)c1)C(=O)O. The first kappa shape index (κ1) is 17.1. The van der Waals surface area contributed by atoms with E-state index in [4.69, 9.17) is 0 Å². The molecule has 0 aliphatic heterocycles. The number of carbonyl (C=O) groups excluding carboxylic acids is 1. The van der Waals surface area contributed by atoms with E-state index >= 15 is 0 Å². The predicted octanol–water partition coefficient (Wildman–Crippen LogP) is 2.94. The summed E-state index contributed by atoms with van der Waals surface area (Å²) in [5.41, 5.74) is 1.42. The molecule has 0 heterocycles. The van der Waals surface area contributed by atoms with Crippen molar-refractivity contribution < 1.29 is 19.1 Å². The second-order valence-corrected chi connectivity index (χ2v) is 6.01. The Bertz CT molecular complexity index is 703. The van der Waals surface area contributed by atoms with Gasteiger partial charge in [-0.25, -0.2) is 9.18 Å². The largest absolute Gasteiger partial charge is 0.480 e. The van der Waals surface area contributed by atoms with E-state index in [1.54, 1.807) is 12.1 Å². The van der Waals surface area contributed by atoms with E-state index in [0.717, 1.165) is 10.0 Å². The lowest BCUT2D eigenvalue weighted by Gasteiger charge is -2.15. The van der Waals surface area contributed by atoms with E-state index < -0.39 is 17.9 Å². The molecule has 2 aromatic rings. The zero-order chi connectivity index (χ0) is 16.8. The summed E-state index contributed by atoms with van der Waals surface area (Å²) in [6.07, 6.45) is 0.187. The Labute approximate surface area is 141 Å². The molecular weight excluding hydrogens is 365 g/mol. The van der Waals surface area contributed by atoms with Crippen molar-refractivity contribution in [1.82, 2.24) is 5.32 Å². The van der Waals surface area contributed by atoms with Crippen LogP contribution < -0.4 is 5.32 Å². The van der Waals surface area contributed by atoms with E-state index in [9.17, 15) is 19.1 Å². The lowest BCUT2D eigenvalue weighted by molar-refractivity contribution is -0.141. The van der Waals surface area contributed by atoms with Crippen molar-refractivity contribution in [2.75, 3.05) is 0 Å². The second kappa shape index (κ2) is 7.87. The molecule has 1 atom stereocenters. The molecule has 120 valence electrons. The van der Waals surface area contributed by atoms with Crippen LogP contribution in [0.4, 0.5) is 4.39 Å². The molecule has 0 saturated heterocycles. The molecule has 1 amide bonds. The number of carbonyl (C=O) groups is 2. The molecule has 6 heteroatoms. The lowest BCUT2D eigenvalue weighted by atomic mass is 10.1. The van der Waals surface area contributed by atoms with Gasteiger partial charge in [0.25, 0.3) is 0 Å². The first-order valence-electron chi connectivity index (χ1n) is 6.95. The highest BCUT2D eigenvalue weighted by Crippen LogP contribution is 2.13. The van der Waals surface area contributed by atoms with E-state index in [0.29, 0.717) is 5.56 Å².